The Morgan fingerprint density at radius 3 is 2.40 bits per heavy atom. The quantitative estimate of drug-likeness (QED) is 0.789. The predicted octanol–water partition coefficient (Wildman–Crippen LogP) is 3.46. The normalized spacial score (nSPS) is 10.5. The molecule has 0 bridgehead atoms. The number of aromatic amines is 1. The third kappa shape index (κ3) is 2.16. The van der Waals surface area contributed by atoms with Gasteiger partial charge in [0.15, 0.2) is 11.6 Å². The van der Waals surface area contributed by atoms with E-state index in [1.54, 1.807) is 7.11 Å². The summed E-state index contributed by atoms with van der Waals surface area (Å²) < 4.78 is 5.34. The van der Waals surface area contributed by atoms with Crippen LogP contribution >= 0.6 is 0 Å². The van der Waals surface area contributed by atoms with Crippen LogP contribution in [0.25, 0.3) is 22.8 Å². The van der Waals surface area contributed by atoms with E-state index in [0.29, 0.717) is 5.82 Å². The molecule has 0 spiro atoms. The number of methoxy groups -OCH3 is 1. The molecule has 0 unspecified atom stereocenters. The van der Waals surface area contributed by atoms with Crippen LogP contribution in [0.15, 0.2) is 48.5 Å². The zero-order valence-electron chi connectivity index (χ0n) is 11.4. The summed E-state index contributed by atoms with van der Waals surface area (Å²) in [5, 5.41) is 7.29. The van der Waals surface area contributed by atoms with Gasteiger partial charge in [0.05, 0.1) is 12.7 Å². The summed E-state index contributed by atoms with van der Waals surface area (Å²) in [5.41, 5.74) is 3.10. The van der Waals surface area contributed by atoms with Crippen LogP contribution in [0.5, 0.6) is 5.75 Å². The van der Waals surface area contributed by atoms with Gasteiger partial charge in [0.2, 0.25) is 0 Å². The fourth-order valence-electron chi connectivity index (χ4n) is 2.17. The Kier molecular flexibility index (Phi) is 3.21. The third-order valence-electron chi connectivity index (χ3n) is 3.23. The molecular formula is C16H15N3O. The lowest BCUT2D eigenvalue weighted by Crippen LogP contribution is -1.89. The smallest absolute Gasteiger partial charge is 0.185 e. The second kappa shape index (κ2) is 5.17. The van der Waals surface area contributed by atoms with Gasteiger partial charge in [0.25, 0.3) is 0 Å². The summed E-state index contributed by atoms with van der Waals surface area (Å²) in [7, 11) is 1.65. The van der Waals surface area contributed by atoms with Crippen molar-refractivity contribution >= 4 is 0 Å². The number of aromatic nitrogens is 3. The molecule has 4 nitrogen and oxygen atoms in total. The number of rotatable bonds is 3. The van der Waals surface area contributed by atoms with E-state index in [1.807, 2.05) is 42.5 Å². The molecule has 0 radical (unpaired) electrons. The van der Waals surface area contributed by atoms with Gasteiger partial charge in [-0.2, -0.15) is 5.10 Å². The van der Waals surface area contributed by atoms with Crippen LogP contribution in [0.4, 0.5) is 0 Å². The highest BCUT2D eigenvalue weighted by atomic mass is 16.5. The molecule has 1 heterocycles. The molecule has 0 saturated carbocycles. The molecule has 1 aromatic heterocycles. The van der Waals surface area contributed by atoms with Gasteiger partial charge in [-0.25, -0.2) is 4.98 Å². The van der Waals surface area contributed by atoms with E-state index in [4.69, 9.17) is 4.74 Å². The van der Waals surface area contributed by atoms with Crippen LogP contribution in [-0.4, -0.2) is 22.3 Å². The Hall–Kier alpha value is -2.62. The average molecular weight is 265 g/mol. The minimum atomic E-state index is 0.640. The third-order valence-corrected chi connectivity index (χ3v) is 3.23. The molecule has 0 saturated heterocycles. The highest BCUT2D eigenvalue weighted by Crippen LogP contribution is 2.28. The topological polar surface area (TPSA) is 50.8 Å². The van der Waals surface area contributed by atoms with E-state index >= 15 is 0 Å². The van der Waals surface area contributed by atoms with Crippen LogP contribution in [0.2, 0.25) is 0 Å². The van der Waals surface area contributed by atoms with Crippen LogP contribution in [-0.2, 0) is 0 Å². The van der Waals surface area contributed by atoms with E-state index in [1.165, 1.54) is 0 Å². The molecule has 0 aliphatic heterocycles. The Morgan fingerprint density at radius 2 is 1.65 bits per heavy atom. The second-order valence-electron chi connectivity index (χ2n) is 4.52. The van der Waals surface area contributed by atoms with Gasteiger partial charge in [-0.05, 0) is 24.6 Å². The summed E-state index contributed by atoms with van der Waals surface area (Å²) in [5.74, 6) is 2.17. The Balaban J connectivity index is 2.05. The van der Waals surface area contributed by atoms with Crippen LogP contribution in [0, 0.1) is 6.92 Å². The van der Waals surface area contributed by atoms with Gasteiger partial charge in [0, 0.05) is 5.56 Å². The first-order chi connectivity index (χ1) is 9.79. The minimum Gasteiger partial charge on any atom is -0.496 e. The number of H-pyrrole nitrogens is 1. The number of para-hydroxylation sites is 1. The molecule has 100 valence electrons. The van der Waals surface area contributed by atoms with Crippen molar-refractivity contribution in [3.63, 3.8) is 0 Å². The highest BCUT2D eigenvalue weighted by molar-refractivity contribution is 5.67. The first-order valence-corrected chi connectivity index (χ1v) is 6.41. The molecule has 3 aromatic rings. The SMILES string of the molecule is COc1ccccc1-c1n[nH]c(-c2ccccc2C)n1. The monoisotopic (exact) mass is 265 g/mol. The van der Waals surface area contributed by atoms with Crippen molar-refractivity contribution in [2.24, 2.45) is 0 Å². The Bertz CT molecular complexity index is 734. The fraction of sp³-hybridized carbons (Fsp3) is 0.125. The maximum absolute atomic E-state index is 5.34. The molecule has 0 fully saturated rings. The van der Waals surface area contributed by atoms with Gasteiger partial charge in [0.1, 0.15) is 5.75 Å². The average Bonchev–Trinajstić information content (AvgIpc) is 2.97. The van der Waals surface area contributed by atoms with E-state index in [2.05, 4.69) is 28.2 Å². The lowest BCUT2D eigenvalue weighted by molar-refractivity contribution is 0.416. The lowest BCUT2D eigenvalue weighted by atomic mass is 10.1. The molecule has 0 atom stereocenters. The number of hydrogen-bond acceptors (Lipinski definition) is 3. The molecule has 4 heteroatoms. The molecule has 2 aromatic carbocycles. The van der Waals surface area contributed by atoms with Crippen molar-refractivity contribution in [3.05, 3.63) is 54.1 Å². The Labute approximate surface area is 117 Å². The second-order valence-corrected chi connectivity index (χ2v) is 4.52. The van der Waals surface area contributed by atoms with Crippen molar-refractivity contribution in [2.75, 3.05) is 7.11 Å². The minimum absolute atomic E-state index is 0.640. The number of aryl methyl sites for hydroxylation is 1. The summed E-state index contributed by atoms with van der Waals surface area (Å²) in [6, 6.07) is 15.8. The van der Waals surface area contributed by atoms with Crippen LogP contribution < -0.4 is 4.74 Å². The fourth-order valence-corrected chi connectivity index (χ4v) is 2.17. The first kappa shape index (κ1) is 12.4. The summed E-state index contributed by atoms with van der Waals surface area (Å²) >= 11 is 0. The summed E-state index contributed by atoms with van der Waals surface area (Å²) in [4.78, 5) is 4.57. The van der Waals surface area contributed by atoms with Crippen molar-refractivity contribution in [1.82, 2.24) is 15.2 Å². The number of nitrogens with one attached hydrogen (secondary N) is 1. The van der Waals surface area contributed by atoms with Gasteiger partial charge < -0.3 is 4.74 Å². The van der Waals surface area contributed by atoms with Crippen LogP contribution in [0.3, 0.4) is 0 Å². The van der Waals surface area contributed by atoms with Gasteiger partial charge >= 0.3 is 0 Å². The molecule has 20 heavy (non-hydrogen) atoms. The molecule has 1 N–H and O–H groups in total. The largest absolute Gasteiger partial charge is 0.496 e. The maximum atomic E-state index is 5.34. The Morgan fingerprint density at radius 1 is 0.950 bits per heavy atom. The molecular weight excluding hydrogens is 250 g/mol. The zero-order chi connectivity index (χ0) is 13.9. The van der Waals surface area contributed by atoms with Crippen molar-refractivity contribution in [2.45, 2.75) is 6.92 Å². The predicted molar refractivity (Wildman–Crippen MR) is 78.5 cm³/mol. The highest BCUT2D eigenvalue weighted by Gasteiger charge is 2.12. The number of nitrogens with zero attached hydrogens (tertiary/aromatic N) is 2. The first-order valence-electron chi connectivity index (χ1n) is 6.41. The molecule has 3 rings (SSSR count). The van der Waals surface area contributed by atoms with Crippen molar-refractivity contribution in [3.8, 4) is 28.5 Å². The van der Waals surface area contributed by atoms with E-state index in [-0.39, 0.29) is 0 Å². The van der Waals surface area contributed by atoms with Gasteiger partial charge in [-0.3, -0.25) is 5.10 Å². The van der Waals surface area contributed by atoms with E-state index in [9.17, 15) is 0 Å². The van der Waals surface area contributed by atoms with Gasteiger partial charge in [-0.1, -0.05) is 36.4 Å². The van der Waals surface area contributed by atoms with E-state index in [0.717, 1.165) is 28.3 Å². The molecule has 0 aliphatic carbocycles. The molecule has 0 aliphatic rings. The zero-order valence-corrected chi connectivity index (χ0v) is 11.4. The van der Waals surface area contributed by atoms with Crippen LogP contribution in [0.1, 0.15) is 5.56 Å². The summed E-state index contributed by atoms with van der Waals surface area (Å²) in [6.07, 6.45) is 0. The standard InChI is InChI=1S/C16H15N3O/c1-11-7-3-4-8-12(11)15-17-16(19-18-15)13-9-5-6-10-14(13)20-2/h3-10H,1-2H3,(H,17,18,19). The van der Waals surface area contributed by atoms with Crippen molar-refractivity contribution in [1.29, 1.82) is 0 Å². The van der Waals surface area contributed by atoms with E-state index < -0.39 is 0 Å². The maximum Gasteiger partial charge on any atom is 0.185 e. The van der Waals surface area contributed by atoms with Crippen molar-refractivity contribution < 1.29 is 4.74 Å². The number of benzene rings is 2. The van der Waals surface area contributed by atoms with Gasteiger partial charge in [-0.15, -0.1) is 0 Å². The summed E-state index contributed by atoms with van der Waals surface area (Å²) in [6.45, 7) is 2.06. The lowest BCUT2D eigenvalue weighted by Gasteiger charge is -2.03. The number of hydrogen-bond donors (Lipinski definition) is 1. The number of ether oxygens (including phenoxy) is 1. The molecule has 0 amide bonds.